The number of fused-ring (bicyclic) bond motifs is 16. The average molecular weight is 915 g/mol. The smallest absolute Gasteiger partial charge is 0.0710 e. The predicted molar refractivity (Wildman–Crippen MR) is 250 cm³/mol. The second kappa shape index (κ2) is 11.3. The van der Waals surface area contributed by atoms with E-state index in [4.69, 9.17) is 0 Å². The summed E-state index contributed by atoms with van der Waals surface area (Å²) in [6.45, 7) is -0.0223. The van der Waals surface area contributed by atoms with E-state index in [-0.39, 0.29) is 19.1 Å². The van der Waals surface area contributed by atoms with Crippen LogP contribution in [0.5, 0.6) is 0 Å². The molecule has 1 atom stereocenters. The topological polar surface area (TPSA) is 40.5 Å². The van der Waals surface area contributed by atoms with E-state index in [1.807, 2.05) is 68.0 Å². The monoisotopic (exact) mass is 914 g/mol. The third-order valence-corrected chi connectivity index (χ3v) is 25.9. The van der Waals surface area contributed by atoms with Crippen molar-refractivity contribution in [2.75, 3.05) is 0 Å². The normalized spacial score (nSPS) is 15.1. The molecule has 0 saturated heterocycles. The van der Waals surface area contributed by atoms with Gasteiger partial charge in [0.05, 0.1) is 61.3 Å². The molecule has 14 rings (SSSR count). The number of aliphatic hydroxyl groups is 2. The molecule has 0 aliphatic heterocycles. The number of rotatable bonds is 5. The van der Waals surface area contributed by atoms with Gasteiger partial charge in [0.15, 0.2) is 0 Å². The third-order valence-electron chi connectivity index (χ3n) is 10.9. The van der Waals surface area contributed by atoms with Gasteiger partial charge in [-0.1, -0.05) is 0 Å². The largest absolute Gasteiger partial charge is 0.392 e. The molecule has 0 bridgehead atoms. The van der Waals surface area contributed by atoms with Gasteiger partial charge in [0, 0.05) is 81.9 Å². The van der Waals surface area contributed by atoms with Crippen LogP contribution >= 0.6 is 136 Å². The van der Waals surface area contributed by atoms with Crippen LogP contribution in [0.25, 0.3) is 95.4 Å². The number of hydrogen-bond acceptors (Lipinski definition) is 14. The predicted octanol–water partition coefficient (Wildman–Crippen LogP) is 16.4. The molecule has 262 valence electrons. The minimum atomic E-state index is -0.0153. The van der Waals surface area contributed by atoms with Crippen molar-refractivity contribution in [1.29, 1.82) is 0 Å². The lowest BCUT2D eigenvalue weighted by Gasteiger charge is -2.11. The molecule has 0 aromatic carbocycles. The molecule has 0 saturated carbocycles. The molecule has 2 aliphatic rings. The van der Waals surface area contributed by atoms with Crippen molar-refractivity contribution >= 4 is 192 Å². The lowest BCUT2D eigenvalue weighted by atomic mass is 9.92. The molecule has 2 N–H and O–H groups in total. The van der Waals surface area contributed by atoms with Gasteiger partial charge < -0.3 is 10.2 Å². The third kappa shape index (κ3) is 3.99. The first-order valence-electron chi connectivity index (χ1n) is 17.0. The Hall–Kier alpha value is -2.12. The summed E-state index contributed by atoms with van der Waals surface area (Å²) in [5.41, 5.74) is 9.62. The molecule has 0 spiro atoms. The highest BCUT2D eigenvalue weighted by atomic mass is 32.1. The van der Waals surface area contributed by atoms with Gasteiger partial charge in [0.2, 0.25) is 0 Å². The van der Waals surface area contributed by atoms with Crippen LogP contribution in [-0.2, 0) is 19.6 Å². The molecule has 12 aromatic heterocycles. The summed E-state index contributed by atoms with van der Waals surface area (Å²) < 4.78 is 16.4. The van der Waals surface area contributed by atoms with E-state index in [0.29, 0.717) is 0 Å². The number of hydrogen-bond donors (Lipinski definition) is 2. The van der Waals surface area contributed by atoms with Gasteiger partial charge in [-0.15, -0.1) is 136 Å². The summed E-state index contributed by atoms with van der Waals surface area (Å²) in [6, 6.07) is 11.4. The van der Waals surface area contributed by atoms with Crippen LogP contribution in [0.4, 0.5) is 0 Å². The van der Waals surface area contributed by atoms with Crippen LogP contribution in [0.15, 0.2) is 51.9 Å². The van der Waals surface area contributed by atoms with E-state index in [1.165, 1.54) is 87.4 Å². The van der Waals surface area contributed by atoms with Crippen molar-refractivity contribution in [2.45, 2.75) is 25.6 Å². The van der Waals surface area contributed by atoms with Crippen LogP contribution in [0, 0.1) is 0 Å². The summed E-state index contributed by atoms with van der Waals surface area (Å²) in [5.74, 6) is 0.217. The van der Waals surface area contributed by atoms with Crippen LogP contribution in [0.2, 0.25) is 0 Å². The van der Waals surface area contributed by atoms with Gasteiger partial charge in [-0.25, -0.2) is 0 Å². The van der Waals surface area contributed by atoms with E-state index >= 15 is 0 Å². The highest BCUT2D eigenvalue weighted by Gasteiger charge is 2.42. The van der Waals surface area contributed by atoms with E-state index in [1.54, 1.807) is 62.0 Å². The fourth-order valence-corrected chi connectivity index (χ4v) is 24.4. The van der Waals surface area contributed by atoms with E-state index in [2.05, 4.69) is 74.5 Å². The molecule has 12 heterocycles. The maximum Gasteiger partial charge on any atom is 0.0710 e. The van der Waals surface area contributed by atoms with Crippen molar-refractivity contribution in [3.05, 3.63) is 90.8 Å². The Morgan fingerprint density at radius 2 is 1.06 bits per heavy atom. The van der Waals surface area contributed by atoms with Crippen molar-refractivity contribution < 1.29 is 10.2 Å². The maximum atomic E-state index is 10.9. The zero-order chi connectivity index (χ0) is 35.1. The Bertz CT molecular complexity index is 3510. The highest BCUT2D eigenvalue weighted by molar-refractivity contribution is 7.38. The standard InChI is InChI=1S/C40H18O2S12/c41-10-15-29(23-8-21-18(47-23)1-4-43-21)51-36-16(11-42)30(52-35(15)36)24-9-22-31(50-24)17(12-46-22)25-26-37-20(3-6-45-37)49-39(26)40-27(25)38-34(54-40)14-7-13-28-19(2-5-44-28)48-32(13)33(14)53-38/h1-6,8-9,12,25,41-42H,7,10-11H2. The van der Waals surface area contributed by atoms with Crippen molar-refractivity contribution in [2.24, 2.45) is 0 Å². The van der Waals surface area contributed by atoms with Crippen LogP contribution in [0.1, 0.15) is 44.9 Å². The summed E-state index contributed by atoms with van der Waals surface area (Å²) in [6.07, 6.45) is 1.06. The van der Waals surface area contributed by atoms with E-state index in [0.717, 1.165) is 36.7 Å². The Balaban J connectivity index is 0.941. The minimum Gasteiger partial charge on any atom is -0.392 e. The summed E-state index contributed by atoms with van der Waals surface area (Å²) in [7, 11) is 0. The van der Waals surface area contributed by atoms with Crippen LogP contribution in [0.3, 0.4) is 0 Å². The number of thiophene rings is 12. The van der Waals surface area contributed by atoms with Gasteiger partial charge in [-0.05, 0) is 68.5 Å². The van der Waals surface area contributed by atoms with E-state index < -0.39 is 0 Å². The Morgan fingerprint density at radius 3 is 1.85 bits per heavy atom. The average Bonchev–Trinajstić information content (AvgIpc) is 3.96. The van der Waals surface area contributed by atoms with Crippen LogP contribution < -0.4 is 0 Å². The number of aliphatic hydroxyl groups excluding tert-OH is 2. The molecule has 0 fully saturated rings. The SMILES string of the molecule is OCc1c(-c2cc3sccc3s2)sc2c(CO)c(-c3cc4scc(C5c6c(sc7ccsc67)-c6sc7c8c(sc7c65)-c5sc6ccsc6c5C8)c4s3)sc12. The minimum absolute atomic E-state index is 0.00699. The quantitative estimate of drug-likeness (QED) is 0.181. The first-order valence-corrected chi connectivity index (χ1v) is 27.0. The Kier molecular flexibility index (Phi) is 6.67. The molecule has 14 heteroatoms. The van der Waals surface area contributed by atoms with Crippen molar-refractivity contribution in [1.82, 2.24) is 0 Å². The molecular weight excluding hydrogens is 897 g/mol. The molecule has 0 radical (unpaired) electrons. The maximum absolute atomic E-state index is 10.9. The van der Waals surface area contributed by atoms with Gasteiger partial charge in [0.25, 0.3) is 0 Å². The lowest BCUT2D eigenvalue weighted by Crippen LogP contribution is -1.96. The van der Waals surface area contributed by atoms with Gasteiger partial charge in [0.1, 0.15) is 0 Å². The molecule has 1 unspecified atom stereocenters. The zero-order valence-corrected chi connectivity index (χ0v) is 37.0. The van der Waals surface area contributed by atoms with E-state index in [9.17, 15) is 10.2 Å². The molecule has 0 amide bonds. The first-order chi connectivity index (χ1) is 26.6. The first kappa shape index (κ1) is 31.9. The molecule has 2 nitrogen and oxygen atoms in total. The fourth-order valence-electron chi connectivity index (χ4n) is 8.63. The molecule has 54 heavy (non-hydrogen) atoms. The zero-order valence-electron chi connectivity index (χ0n) is 27.2. The van der Waals surface area contributed by atoms with Gasteiger partial charge in [-0.3, -0.25) is 0 Å². The van der Waals surface area contributed by atoms with Gasteiger partial charge in [-0.2, -0.15) is 0 Å². The lowest BCUT2D eigenvalue weighted by molar-refractivity contribution is 0.283. The second-order valence-electron chi connectivity index (χ2n) is 13.6. The van der Waals surface area contributed by atoms with Crippen molar-refractivity contribution in [3.63, 3.8) is 0 Å². The highest BCUT2D eigenvalue weighted by Crippen LogP contribution is 2.66. The molecule has 2 aliphatic carbocycles. The Morgan fingerprint density at radius 1 is 0.463 bits per heavy atom. The summed E-state index contributed by atoms with van der Waals surface area (Å²) in [5, 5.41) is 30.7. The second-order valence-corrected chi connectivity index (χ2v) is 25.6. The summed E-state index contributed by atoms with van der Waals surface area (Å²) >= 11 is 22.7. The Labute approximate surface area is 354 Å². The molecule has 12 aromatic rings. The van der Waals surface area contributed by atoms with Crippen LogP contribution in [-0.4, -0.2) is 10.2 Å². The fraction of sp³-hybridized carbons (Fsp3) is 0.100. The molecular formula is C40H18O2S12. The van der Waals surface area contributed by atoms with Crippen molar-refractivity contribution in [3.8, 4) is 39.0 Å². The summed E-state index contributed by atoms with van der Waals surface area (Å²) in [4.78, 5) is 10.7. The van der Waals surface area contributed by atoms with Gasteiger partial charge >= 0.3 is 0 Å².